The minimum Gasteiger partial charge on any atom is -0.389 e. The molecule has 0 amide bonds. The molecule has 0 bridgehead atoms. The predicted octanol–water partition coefficient (Wildman–Crippen LogP) is 3.91. The zero-order chi connectivity index (χ0) is 14.0. The summed E-state index contributed by atoms with van der Waals surface area (Å²) in [6, 6.07) is 5.70. The van der Waals surface area contributed by atoms with Crippen LogP contribution >= 0.6 is 35.2 Å². The van der Waals surface area contributed by atoms with E-state index in [0.717, 1.165) is 10.7 Å². The Hall–Kier alpha value is -1.17. The fraction of sp³-hybridized carbons (Fsp3) is 0.231. The third kappa shape index (κ3) is 3.43. The van der Waals surface area contributed by atoms with E-state index < -0.39 is 0 Å². The first-order valence-corrected chi connectivity index (χ1v) is 7.36. The van der Waals surface area contributed by atoms with Gasteiger partial charge >= 0.3 is 0 Å². The summed E-state index contributed by atoms with van der Waals surface area (Å²) in [5, 5.41) is 4.96. The summed E-state index contributed by atoms with van der Waals surface area (Å²) in [4.78, 5) is 5.87. The molecule has 2 aromatic rings. The lowest BCUT2D eigenvalue weighted by Gasteiger charge is -2.14. The fourth-order valence-electron chi connectivity index (χ4n) is 1.69. The molecule has 1 unspecified atom stereocenters. The van der Waals surface area contributed by atoms with E-state index in [1.807, 2.05) is 31.3 Å². The number of benzene rings is 1. The Morgan fingerprint density at radius 2 is 2.26 bits per heavy atom. The van der Waals surface area contributed by atoms with E-state index in [4.69, 9.17) is 29.6 Å². The van der Waals surface area contributed by atoms with Gasteiger partial charge in [-0.3, -0.25) is 0 Å². The Labute approximate surface area is 126 Å². The summed E-state index contributed by atoms with van der Waals surface area (Å²) >= 11 is 12.7. The standard InChI is InChI=1S/C13H14ClN3S2/c1-7-6-16-13(19-7)8(2)17-9-3-4-10(12(15)18)11(14)5-9/h3-6,8,17H,1-2H3,(H2,15,18). The maximum Gasteiger partial charge on any atom is 0.115 e. The first kappa shape index (κ1) is 14.2. The average Bonchev–Trinajstić information content (AvgIpc) is 2.75. The van der Waals surface area contributed by atoms with E-state index >= 15 is 0 Å². The molecule has 1 atom stereocenters. The molecule has 100 valence electrons. The van der Waals surface area contributed by atoms with Gasteiger partial charge in [0, 0.05) is 22.3 Å². The largest absolute Gasteiger partial charge is 0.389 e. The first-order chi connectivity index (χ1) is 8.97. The number of aryl methyl sites for hydroxylation is 1. The monoisotopic (exact) mass is 311 g/mol. The lowest BCUT2D eigenvalue weighted by Crippen LogP contribution is -2.11. The SMILES string of the molecule is Cc1cnc(C(C)Nc2ccc(C(N)=S)c(Cl)c2)s1. The molecular formula is C13H14ClN3S2. The van der Waals surface area contributed by atoms with Crippen LogP contribution in [0.3, 0.4) is 0 Å². The van der Waals surface area contributed by atoms with Gasteiger partial charge < -0.3 is 11.1 Å². The summed E-state index contributed by atoms with van der Waals surface area (Å²) in [5.41, 5.74) is 7.19. The van der Waals surface area contributed by atoms with Crippen LogP contribution in [0.25, 0.3) is 0 Å². The number of hydrogen-bond donors (Lipinski definition) is 2. The fourth-order valence-corrected chi connectivity index (χ4v) is 2.98. The molecule has 19 heavy (non-hydrogen) atoms. The van der Waals surface area contributed by atoms with Crippen molar-refractivity contribution in [2.45, 2.75) is 19.9 Å². The molecule has 0 spiro atoms. The van der Waals surface area contributed by atoms with Gasteiger partial charge in [-0.05, 0) is 32.0 Å². The maximum absolute atomic E-state index is 6.14. The van der Waals surface area contributed by atoms with Gasteiger partial charge in [0.15, 0.2) is 0 Å². The van der Waals surface area contributed by atoms with Crippen LogP contribution in [0, 0.1) is 6.92 Å². The second kappa shape index (κ2) is 5.86. The quantitative estimate of drug-likeness (QED) is 0.841. The number of thiazole rings is 1. The van der Waals surface area contributed by atoms with Crippen molar-refractivity contribution in [2.75, 3.05) is 5.32 Å². The highest BCUT2D eigenvalue weighted by molar-refractivity contribution is 7.80. The lowest BCUT2D eigenvalue weighted by atomic mass is 10.2. The smallest absolute Gasteiger partial charge is 0.115 e. The zero-order valence-electron chi connectivity index (χ0n) is 10.6. The van der Waals surface area contributed by atoms with Crippen molar-refractivity contribution in [2.24, 2.45) is 5.73 Å². The second-order valence-corrected chi connectivity index (χ2v) is 6.35. The van der Waals surface area contributed by atoms with E-state index in [2.05, 4.69) is 17.2 Å². The Kier molecular flexibility index (Phi) is 4.39. The lowest BCUT2D eigenvalue weighted by molar-refractivity contribution is 0.870. The highest BCUT2D eigenvalue weighted by Gasteiger charge is 2.10. The average molecular weight is 312 g/mol. The summed E-state index contributed by atoms with van der Waals surface area (Å²) in [5.74, 6) is 0. The number of hydrogen-bond acceptors (Lipinski definition) is 4. The number of nitrogens with two attached hydrogens (primary N) is 1. The van der Waals surface area contributed by atoms with Crippen LogP contribution in [0.4, 0.5) is 5.69 Å². The van der Waals surface area contributed by atoms with Gasteiger partial charge in [-0.15, -0.1) is 11.3 Å². The molecule has 1 aromatic heterocycles. The van der Waals surface area contributed by atoms with Crippen molar-refractivity contribution in [1.29, 1.82) is 0 Å². The first-order valence-electron chi connectivity index (χ1n) is 5.75. The summed E-state index contributed by atoms with van der Waals surface area (Å²) in [6.45, 7) is 4.11. The van der Waals surface area contributed by atoms with E-state index in [1.54, 1.807) is 11.3 Å². The number of thiocarbonyl (C=S) groups is 1. The topological polar surface area (TPSA) is 50.9 Å². The zero-order valence-corrected chi connectivity index (χ0v) is 13.0. The predicted molar refractivity (Wildman–Crippen MR) is 86.2 cm³/mol. The Bertz CT molecular complexity index is 610. The molecule has 0 saturated heterocycles. The summed E-state index contributed by atoms with van der Waals surface area (Å²) < 4.78 is 0. The number of rotatable bonds is 4. The molecule has 0 aliphatic heterocycles. The van der Waals surface area contributed by atoms with Gasteiger partial charge in [-0.1, -0.05) is 23.8 Å². The Balaban J connectivity index is 2.15. The van der Waals surface area contributed by atoms with E-state index in [9.17, 15) is 0 Å². The molecule has 0 fully saturated rings. The van der Waals surface area contributed by atoms with Gasteiger partial charge in [0.05, 0.1) is 11.1 Å². The molecule has 6 heteroatoms. The Morgan fingerprint density at radius 3 is 2.79 bits per heavy atom. The maximum atomic E-state index is 6.14. The van der Waals surface area contributed by atoms with E-state index in [0.29, 0.717) is 15.6 Å². The van der Waals surface area contributed by atoms with Crippen LogP contribution in [-0.4, -0.2) is 9.97 Å². The molecule has 0 radical (unpaired) electrons. The summed E-state index contributed by atoms with van der Waals surface area (Å²) in [7, 11) is 0. The van der Waals surface area contributed by atoms with E-state index in [-0.39, 0.29) is 6.04 Å². The van der Waals surface area contributed by atoms with Crippen molar-refractivity contribution in [1.82, 2.24) is 4.98 Å². The molecule has 0 saturated carbocycles. The molecule has 3 nitrogen and oxygen atoms in total. The van der Waals surface area contributed by atoms with Gasteiger partial charge in [0.2, 0.25) is 0 Å². The summed E-state index contributed by atoms with van der Waals surface area (Å²) in [6.07, 6.45) is 1.88. The number of aromatic nitrogens is 1. The minimum absolute atomic E-state index is 0.130. The molecule has 2 rings (SSSR count). The van der Waals surface area contributed by atoms with E-state index in [1.165, 1.54) is 4.88 Å². The van der Waals surface area contributed by atoms with Crippen molar-refractivity contribution in [3.8, 4) is 0 Å². The molecular weight excluding hydrogens is 298 g/mol. The van der Waals surface area contributed by atoms with Crippen LogP contribution in [-0.2, 0) is 0 Å². The number of halogens is 1. The van der Waals surface area contributed by atoms with Crippen molar-refractivity contribution >= 4 is 45.8 Å². The van der Waals surface area contributed by atoms with Gasteiger partial charge in [0.1, 0.15) is 10.00 Å². The van der Waals surface area contributed by atoms with Crippen LogP contribution in [0.5, 0.6) is 0 Å². The van der Waals surface area contributed by atoms with Gasteiger partial charge in [0.25, 0.3) is 0 Å². The van der Waals surface area contributed by atoms with Crippen molar-refractivity contribution in [3.05, 3.63) is 44.9 Å². The van der Waals surface area contributed by atoms with Crippen molar-refractivity contribution < 1.29 is 0 Å². The Morgan fingerprint density at radius 1 is 1.53 bits per heavy atom. The molecule has 3 N–H and O–H groups in total. The van der Waals surface area contributed by atoms with Crippen LogP contribution in [0.1, 0.15) is 28.4 Å². The van der Waals surface area contributed by atoms with Crippen LogP contribution in [0.15, 0.2) is 24.4 Å². The number of nitrogens with one attached hydrogen (secondary N) is 1. The molecule has 1 aromatic carbocycles. The normalized spacial score (nSPS) is 12.2. The van der Waals surface area contributed by atoms with Gasteiger partial charge in [-0.25, -0.2) is 4.98 Å². The number of anilines is 1. The highest BCUT2D eigenvalue weighted by Crippen LogP contribution is 2.26. The van der Waals surface area contributed by atoms with Crippen molar-refractivity contribution in [3.63, 3.8) is 0 Å². The third-order valence-corrected chi connectivity index (χ3v) is 4.26. The van der Waals surface area contributed by atoms with Crippen LogP contribution < -0.4 is 11.1 Å². The highest BCUT2D eigenvalue weighted by atomic mass is 35.5. The molecule has 0 aliphatic rings. The minimum atomic E-state index is 0.130. The van der Waals surface area contributed by atoms with Gasteiger partial charge in [-0.2, -0.15) is 0 Å². The second-order valence-electron chi connectivity index (χ2n) is 4.23. The van der Waals surface area contributed by atoms with Crippen LogP contribution in [0.2, 0.25) is 5.02 Å². The molecule has 1 heterocycles. The number of nitrogens with zero attached hydrogens (tertiary/aromatic N) is 1. The third-order valence-electron chi connectivity index (χ3n) is 2.63. The molecule has 0 aliphatic carbocycles.